The fraction of sp³-hybridized carbons (Fsp3) is 0.444. The monoisotopic (exact) mass is 370 g/mol. The number of benzene rings is 1. The second-order valence-corrected chi connectivity index (χ2v) is 7.62. The van der Waals surface area contributed by atoms with Gasteiger partial charge < -0.3 is 14.8 Å². The largest absolute Gasteiger partial charge is 0.331 e. The van der Waals surface area contributed by atoms with Gasteiger partial charge in [-0.2, -0.15) is 0 Å². The minimum atomic E-state index is -0.0622. The molecule has 1 aliphatic rings. The molecule has 1 saturated heterocycles. The third-order valence-corrected chi connectivity index (χ3v) is 5.90. The summed E-state index contributed by atoms with van der Waals surface area (Å²) in [7, 11) is 2.02. The number of hydrogen-bond acceptors (Lipinski definition) is 5. The van der Waals surface area contributed by atoms with Crippen LogP contribution in [0.25, 0.3) is 11.0 Å². The molecule has 0 radical (unpaired) electrons. The number of rotatable bonds is 4. The van der Waals surface area contributed by atoms with E-state index in [-0.39, 0.29) is 12.1 Å². The molecule has 1 fully saturated rings. The Balaban J connectivity index is 1.50. The molecule has 8 heteroatoms. The van der Waals surface area contributed by atoms with Crippen molar-refractivity contribution in [2.75, 3.05) is 6.54 Å². The van der Waals surface area contributed by atoms with E-state index in [2.05, 4.69) is 33.1 Å². The van der Waals surface area contributed by atoms with Crippen LogP contribution >= 0.6 is 11.3 Å². The third kappa shape index (κ3) is 3.05. The normalized spacial score (nSPS) is 17.2. The zero-order valence-corrected chi connectivity index (χ0v) is 15.8. The molecule has 2 aromatic heterocycles. The lowest BCUT2D eigenvalue weighted by Gasteiger charge is -2.24. The van der Waals surface area contributed by atoms with Crippen molar-refractivity contribution >= 4 is 28.4 Å². The highest BCUT2D eigenvalue weighted by Gasteiger charge is 2.33. The van der Waals surface area contributed by atoms with E-state index in [0.717, 1.165) is 52.7 Å². The van der Waals surface area contributed by atoms with Crippen LogP contribution in [-0.2, 0) is 20.0 Å². The molecule has 0 aliphatic carbocycles. The Morgan fingerprint density at radius 3 is 2.88 bits per heavy atom. The Morgan fingerprint density at radius 2 is 2.12 bits per heavy atom. The summed E-state index contributed by atoms with van der Waals surface area (Å²) < 4.78 is 2.10. The molecular weight excluding hydrogens is 348 g/mol. The molecule has 3 aromatic rings. The average molecular weight is 370 g/mol. The van der Waals surface area contributed by atoms with E-state index >= 15 is 0 Å². The molecule has 7 nitrogen and oxygen atoms in total. The summed E-state index contributed by atoms with van der Waals surface area (Å²) in [6.45, 7) is 3.22. The van der Waals surface area contributed by atoms with Crippen molar-refractivity contribution in [2.24, 2.45) is 7.05 Å². The van der Waals surface area contributed by atoms with E-state index in [1.807, 2.05) is 30.1 Å². The number of carbonyl (C=O) groups excluding carboxylic acids is 1. The first-order valence-electron chi connectivity index (χ1n) is 8.94. The quantitative estimate of drug-likeness (QED) is 0.766. The number of nitrogens with zero attached hydrogens (tertiary/aromatic N) is 5. The second-order valence-electron chi connectivity index (χ2n) is 6.47. The summed E-state index contributed by atoms with van der Waals surface area (Å²) in [5, 5.41) is 13.0. The summed E-state index contributed by atoms with van der Waals surface area (Å²) in [6, 6.07) is 8.02. The zero-order valence-electron chi connectivity index (χ0n) is 15.0. The van der Waals surface area contributed by atoms with Crippen LogP contribution in [0.5, 0.6) is 0 Å². The van der Waals surface area contributed by atoms with Gasteiger partial charge in [-0.25, -0.2) is 9.78 Å². The van der Waals surface area contributed by atoms with E-state index in [9.17, 15) is 4.79 Å². The van der Waals surface area contributed by atoms with Crippen molar-refractivity contribution in [1.29, 1.82) is 0 Å². The summed E-state index contributed by atoms with van der Waals surface area (Å²) in [4.78, 5) is 19.4. The van der Waals surface area contributed by atoms with E-state index < -0.39 is 0 Å². The SMILES string of the molecule is CCc1nnc(CNC(=O)N2CCC[C@H]2c2nc3ccccc3n2C)s1. The Kier molecular flexibility index (Phi) is 4.58. The summed E-state index contributed by atoms with van der Waals surface area (Å²) in [6.07, 6.45) is 2.79. The Bertz CT molecular complexity index is 933. The Hall–Kier alpha value is -2.48. The molecular formula is C18H22N6OS. The molecule has 1 aliphatic heterocycles. The molecule has 1 atom stereocenters. The van der Waals surface area contributed by atoms with Gasteiger partial charge in [0.2, 0.25) is 0 Å². The van der Waals surface area contributed by atoms with Gasteiger partial charge in [0.15, 0.2) is 0 Å². The van der Waals surface area contributed by atoms with Gasteiger partial charge in [-0.1, -0.05) is 30.4 Å². The molecule has 4 rings (SSSR count). The molecule has 0 bridgehead atoms. The van der Waals surface area contributed by atoms with E-state index in [1.54, 1.807) is 11.3 Å². The van der Waals surface area contributed by atoms with E-state index in [0.29, 0.717) is 6.54 Å². The highest BCUT2D eigenvalue weighted by molar-refractivity contribution is 7.11. The first kappa shape index (κ1) is 17.0. The number of carbonyl (C=O) groups is 1. The predicted octanol–water partition coefficient (Wildman–Crippen LogP) is 3.03. The van der Waals surface area contributed by atoms with Crippen LogP contribution in [0.1, 0.15) is 41.6 Å². The summed E-state index contributed by atoms with van der Waals surface area (Å²) >= 11 is 1.55. The summed E-state index contributed by atoms with van der Waals surface area (Å²) in [5.41, 5.74) is 2.06. The number of imidazole rings is 1. The van der Waals surface area contributed by atoms with Crippen LogP contribution in [0.3, 0.4) is 0 Å². The van der Waals surface area contributed by atoms with Crippen LogP contribution in [0.15, 0.2) is 24.3 Å². The molecule has 0 unspecified atom stereocenters. The van der Waals surface area contributed by atoms with Crippen LogP contribution in [0, 0.1) is 0 Å². The number of amides is 2. The first-order valence-corrected chi connectivity index (χ1v) is 9.76. The topological polar surface area (TPSA) is 75.9 Å². The lowest BCUT2D eigenvalue weighted by molar-refractivity contribution is 0.190. The zero-order chi connectivity index (χ0) is 18.1. The number of urea groups is 1. The van der Waals surface area contributed by atoms with Gasteiger partial charge >= 0.3 is 6.03 Å². The number of para-hydroxylation sites is 2. The van der Waals surface area contributed by atoms with Gasteiger partial charge in [0, 0.05) is 13.6 Å². The fourth-order valence-electron chi connectivity index (χ4n) is 3.50. The molecule has 2 amide bonds. The maximum Gasteiger partial charge on any atom is 0.318 e. The van der Waals surface area contributed by atoms with Crippen molar-refractivity contribution in [1.82, 2.24) is 30.0 Å². The van der Waals surface area contributed by atoms with Crippen molar-refractivity contribution in [2.45, 2.75) is 38.8 Å². The number of fused-ring (bicyclic) bond motifs is 1. The van der Waals surface area contributed by atoms with Crippen molar-refractivity contribution in [3.8, 4) is 0 Å². The van der Waals surface area contributed by atoms with E-state index in [1.165, 1.54) is 0 Å². The molecule has 26 heavy (non-hydrogen) atoms. The van der Waals surface area contributed by atoms with Crippen LogP contribution in [-0.4, -0.2) is 37.2 Å². The lowest BCUT2D eigenvalue weighted by Crippen LogP contribution is -2.39. The van der Waals surface area contributed by atoms with Gasteiger partial charge in [0.25, 0.3) is 0 Å². The van der Waals surface area contributed by atoms with E-state index in [4.69, 9.17) is 4.98 Å². The maximum atomic E-state index is 12.7. The number of likely N-dealkylation sites (tertiary alicyclic amines) is 1. The minimum absolute atomic E-state index is 0.00743. The smallest absolute Gasteiger partial charge is 0.318 e. The predicted molar refractivity (Wildman–Crippen MR) is 101 cm³/mol. The van der Waals surface area contributed by atoms with Crippen molar-refractivity contribution in [3.63, 3.8) is 0 Å². The number of aromatic nitrogens is 4. The minimum Gasteiger partial charge on any atom is -0.331 e. The lowest BCUT2D eigenvalue weighted by atomic mass is 10.2. The average Bonchev–Trinajstić information content (AvgIpc) is 3.38. The van der Waals surface area contributed by atoms with Gasteiger partial charge in [-0.15, -0.1) is 10.2 Å². The van der Waals surface area contributed by atoms with Crippen LogP contribution < -0.4 is 5.32 Å². The van der Waals surface area contributed by atoms with Crippen LogP contribution in [0.2, 0.25) is 0 Å². The second kappa shape index (κ2) is 7.03. The van der Waals surface area contributed by atoms with Gasteiger partial charge in [0.05, 0.1) is 23.6 Å². The van der Waals surface area contributed by atoms with Gasteiger partial charge in [-0.05, 0) is 31.4 Å². The number of aryl methyl sites for hydroxylation is 2. The van der Waals surface area contributed by atoms with Crippen LogP contribution in [0.4, 0.5) is 4.79 Å². The Labute approximate surface area is 156 Å². The van der Waals surface area contributed by atoms with Crippen molar-refractivity contribution < 1.29 is 4.79 Å². The molecule has 1 N–H and O–H groups in total. The maximum absolute atomic E-state index is 12.7. The molecule has 0 saturated carbocycles. The highest BCUT2D eigenvalue weighted by Crippen LogP contribution is 2.32. The molecule has 1 aromatic carbocycles. The molecule has 136 valence electrons. The number of nitrogens with one attached hydrogen (secondary N) is 1. The third-order valence-electron chi connectivity index (χ3n) is 4.84. The fourth-order valence-corrected chi connectivity index (χ4v) is 4.22. The van der Waals surface area contributed by atoms with Crippen molar-refractivity contribution in [3.05, 3.63) is 40.1 Å². The highest BCUT2D eigenvalue weighted by atomic mass is 32.1. The molecule has 0 spiro atoms. The van der Waals surface area contributed by atoms with Gasteiger partial charge in [0.1, 0.15) is 15.8 Å². The Morgan fingerprint density at radius 1 is 1.31 bits per heavy atom. The number of hydrogen-bond donors (Lipinski definition) is 1. The molecule has 3 heterocycles. The first-order chi connectivity index (χ1) is 12.7. The van der Waals surface area contributed by atoms with Gasteiger partial charge in [-0.3, -0.25) is 0 Å². The summed E-state index contributed by atoms with van der Waals surface area (Å²) in [5.74, 6) is 0.947. The standard InChI is InChI=1S/C18H22N6OS/c1-3-15-21-22-16(26-15)11-19-18(25)24-10-6-9-14(24)17-20-12-7-4-5-8-13(12)23(17)2/h4-5,7-8,14H,3,6,9-11H2,1-2H3,(H,19,25)/t14-/m0/s1.